The Morgan fingerprint density at radius 3 is 1.60 bits per heavy atom. The van der Waals surface area contributed by atoms with Gasteiger partial charge < -0.3 is 0 Å². The van der Waals surface area contributed by atoms with Crippen molar-refractivity contribution in [1.82, 2.24) is 9.97 Å². The first-order chi connectivity index (χ1) is 23.3. The topological polar surface area (TPSA) is 25.8 Å². The molecule has 0 unspecified atom stereocenters. The van der Waals surface area contributed by atoms with Crippen molar-refractivity contribution in [3.8, 4) is 56.0 Å². The van der Waals surface area contributed by atoms with Crippen LogP contribution in [0.4, 0.5) is 0 Å². The Kier molecular flexibility index (Phi) is 6.69. The standard InChI is InChI=1S/C44H28N2S/c1-3-11-29(12-4-1)30-21-23-31(24-22-30)34-16-9-17-35(27-34)36-18-10-19-37(28-36)40-43-41(46-44(45-40)33-14-5-2-6-15-33)39-26-25-32-13-7-8-20-38(32)42(39)47-43/h1-28H. The highest BCUT2D eigenvalue weighted by Crippen LogP contribution is 2.43. The fourth-order valence-corrected chi connectivity index (χ4v) is 7.78. The molecule has 0 spiro atoms. The van der Waals surface area contributed by atoms with Crippen LogP contribution in [0.1, 0.15) is 0 Å². The van der Waals surface area contributed by atoms with Gasteiger partial charge in [0.15, 0.2) is 5.82 Å². The zero-order valence-corrected chi connectivity index (χ0v) is 26.3. The van der Waals surface area contributed by atoms with Crippen LogP contribution in [0.15, 0.2) is 170 Å². The maximum absolute atomic E-state index is 5.25. The number of nitrogens with zero attached hydrogens (tertiary/aromatic N) is 2. The van der Waals surface area contributed by atoms with Gasteiger partial charge in [-0.25, -0.2) is 9.97 Å². The Morgan fingerprint density at radius 2 is 0.872 bits per heavy atom. The lowest BCUT2D eigenvalue weighted by atomic mass is 9.96. The third-order valence-electron chi connectivity index (χ3n) is 8.89. The second kappa shape index (κ2) is 11.5. The SMILES string of the molecule is c1ccc(-c2ccc(-c3cccc(-c4cccc(-c5nc(-c6ccccc6)nc6c5sc5c7ccccc7ccc65)c4)c3)cc2)cc1. The van der Waals surface area contributed by atoms with E-state index in [1.807, 2.05) is 18.2 Å². The summed E-state index contributed by atoms with van der Waals surface area (Å²) in [5, 5.41) is 3.66. The molecule has 0 aliphatic heterocycles. The molecule has 0 fully saturated rings. The van der Waals surface area contributed by atoms with Gasteiger partial charge in [0.2, 0.25) is 0 Å². The number of aromatic nitrogens is 2. The average molecular weight is 617 g/mol. The highest BCUT2D eigenvalue weighted by Gasteiger charge is 2.18. The minimum atomic E-state index is 0.743. The molecule has 3 heteroatoms. The monoisotopic (exact) mass is 616 g/mol. The molecular weight excluding hydrogens is 589 g/mol. The summed E-state index contributed by atoms with van der Waals surface area (Å²) in [5.41, 5.74) is 11.2. The van der Waals surface area contributed by atoms with Crippen LogP contribution >= 0.6 is 11.3 Å². The van der Waals surface area contributed by atoms with Gasteiger partial charge in [0.05, 0.1) is 15.9 Å². The fourth-order valence-electron chi connectivity index (χ4n) is 6.49. The van der Waals surface area contributed by atoms with E-state index in [9.17, 15) is 0 Å². The van der Waals surface area contributed by atoms with Crippen LogP contribution in [0.2, 0.25) is 0 Å². The molecule has 0 saturated carbocycles. The van der Waals surface area contributed by atoms with E-state index in [0.717, 1.165) is 38.4 Å². The number of hydrogen-bond donors (Lipinski definition) is 0. The number of thiophene rings is 1. The van der Waals surface area contributed by atoms with Gasteiger partial charge in [-0.15, -0.1) is 11.3 Å². The highest BCUT2D eigenvalue weighted by molar-refractivity contribution is 7.27. The van der Waals surface area contributed by atoms with Gasteiger partial charge in [-0.3, -0.25) is 0 Å². The summed E-state index contributed by atoms with van der Waals surface area (Å²) in [6.07, 6.45) is 0. The van der Waals surface area contributed by atoms with E-state index in [0.29, 0.717) is 0 Å². The molecule has 2 heterocycles. The van der Waals surface area contributed by atoms with Crippen molar-refractivity contribution in [2.45, 2.75) is 0 Å². The molecule has 0 amide bonds. The molecule has 2 aromatic heterocycles. The maximum Gasteiger partial charge on any atom is 0.160 e. The molecule has 0 atom stereocenters. The minimum Gasteiger partial charge on any atom is -0.226 e. The largest absolute Gasteiger partial charge is 0.226 e. The van der Waals surface area contributed by atoms with Gasteiger partial charge in [-0.05, 0) is 56.3 Å². The van der Waals surface area contributed by atoms with Gasteiger partial charge in [0, 0.05) is 21.2 Å². The van der Waals surface area contributed by atoms with E-state index in [2.05, 4.69) is 152 Å². The Balaban J connectivity index is 1.17. The van der Waals surface area contributed by atoms with Crippen molar-refractivity contribution >= 4 is 42.4 Å². The van der Waals surface area contributed by atoms with E-state index in [4.69, 9.17) is 9.97 Å². The van der Waals surface area contributed by atoms with E-state index in [-0.39, 0.29) is 0 Å². The van der Waals surface area contributed by atoms with Gasteiger partial charge in [-0.2, -0.15) is 0 Å². The molecule has 9 aromatic rings. The Morgan fingerprint density at radius 1 is 0.340 bits per heavy atom. The normalized spacial score (nSPS) is 11.4. The molecule has 0 N–H and O–H groups in total. The first kappa shape index (κ1) is 27.4. The highest BCUT2D eigenvalue weighted by atomic mass is 32.1. The van der Waals surface area contributed by atoms with Crippen LogP contribution in [-0.2, 0) is 0 Å². The molecule has 0 saturated heterocycles. The van der Waals surface area contributed by atoms with Crippen molar-refractivity contribution in [3.05, 3.63) is 170 Å². The predicted molar refractivity (Wildman–Crippen MR) is 200 cm³/mol. The second-order valence-electron chi connectivity index (χ2n) is 11.8. The lowest BCUT2D eigenvalue weighted by Crippen LogP contribution is -1.93. The molecule has 47 heavy (non-hydrogen) atoms. The Hall–Kier alpha value is -5.90. The molecular formula is C44H28N2S. The summed E-state index contributed by atoms with van der Waals surface area (Å²) >= 11 is 1.79. The van der Waals surface area contributed by atoms with Crippen LogP contribution in [0.3, 0.4) is 0 Å². The van der Waals surface area contributed by atoms with Gasteiger partial charge >= 0.3 is 0 Å². The molecule has 220 valence electrons. The Bertz CT molecular complexity index is 2550. The van der Waals surface area contributed by atoms with Crippen molar-refractivity contribution < 1.29 is 0 Å². The molecule has 0 aliphatic carbocycles. The first-order valence-corrected chi connectivity index (χ1v) is 16.6. The summed E-state index contributed by atoms with van der Waals surface area (Å²) < 4.78 is 2.36. The van der Waals surface area contributed by atoms with Crippen LogP contribution in [0, 0.1) is 0 Å². The quantitative estimate of drug-likeness (QED) is 0.192. The molecule has 9 rings (SSSR count). The van der Waals surface area contributed by atoms with Crippen molar-refractivity contribution in [2.24, 2.45) is 0 Å². The van der Waals surface area contributed by atoms with Crippen molar-refractivity contribution in [2.75, 3.05) is 0 Å². The van der Waals surface area contributed by atoms with Gasteiger partial charge in [0.1, 0.15) is 0 Å². The summed E-state index contributed by atoms with van der Waals surface area (Å²) in [7, 11) is 0. The van der Waals surface area contributed by atoms with Crippen molar-refractivity contribution in [1.29, 1.82) is 0 Å². The number of benzene rings is 7. The number of rotatable bonds is 5. The van der Waals surface area contributed by atoms with E-state index < -0.39 is 0 Å². The smallest absolute Gasteiger partial charge is 0.160 e. The van der Waals surface area contributed by atoms with Crippen LogP contribution in [0.5, 0.6) is 0 Å². The first-order valence-electron chi connectivity index (χ1n) is 15.8. The molecule has 0 radical (unpaired) electrons. The van der Waals surface area contributed by atoms with Gasteiger partial charge in [-0.1, -0.05) is 158 Å². The van der Waals surface area contributed by atoms with Gasteiger partial charge in [0.25, 0.3) is 0 Å². The van der Waals surface area contributed by atoms with Crippen LogP contribution in [-0.4, -0.2) is 9.97 Å². The molecule has 7 aromatic carbocycles. The summed E-state index contributed by atoms with van der Waals surface area (Å²) in [6, 6.07) is 60.3. The lowest BCUT2D eigenvalue weighted by Gasteiger charge is -2.10. The summed E-state index contributed by atoms with van der Waals surface area (Å²) in [4.78, 5) is 10.4. The predicted octanol–water partition coefficient (Wildman–Crippen LogP) is 12.3. The second-order valence-corrected chi connectivity index (χ2v) is 12.8. The zero-order valence-electron chi connectivity index (χ0n) is 25.5. The van der Waals surface area contributed by atoms with E-state index in [1.165, 1.54) is 48.7 Å². The third kappa shape index (κ3) is 4.98. The molecule has 0 bridgehead atoms. The van der Waals surface area contributed by atoms with E-state index >= 15 is 0 Å². The summed E-state index contributed by atoms with van der Waals surface area (Å²) in [6.45, 7) is 0. The minimum absolute atomic E-state index is 0.743. The average Bonchev–Trinajstić information content (AvgIpc) is 3.55. The van der Waals surface area contributed by atoms with Crippen LogP contribution < -0.4 is 0 Å². The molecule has 2 nitrogen and oxygen atoms in total. The number of hydrogen-bond acceptors (Lipinski definition) is 3. The Labute approximate surface area is 277 Å². The molecule has 0 aliphatic rings. The summed E-state index contributed by atoms with van der Waals surface area (Å²) in [5.74, 6) is 0.743. The third-order valence-corrected chi connectivity index (χ3v) is 10.1. The number of fused-ring (bicyclic) bond motifs is 5. The maximum atomic E-state index is 5.25. The fraction of sp³-hybridized carbons (Fsp3) is 0. The van der Waals surface area contributed by atoms with E-state index in [1.54, 1.807) is 11.3 Å². The van der Waals surface area contributed by atoms with Crippen LogP contribution in [0.25, 0.3) is 87.1 Å². The van der Waals surface area contributed by atoms with Crippen molar-refractivity contribution in [3.63, 3.8) is 0 Å². The lowest BCUT2D eigenvalue weighted by molar-refractivity contribution is 1.24. The zero-order chi connectivity index (χ0) is 31.2.